The number of ether oxygens (including phenoxy) is 3. The second kappa shape index (κ2) is 13.4. The number of esters is 1. The summed E-state index contributed by atoms with van der Waals surface area (Å²) in [6.07, 6.45) is 0. The summed E-state index contributed by atoms with van der Waals surface area (Å²) in [4.78, 5) is 45.7. The van der Waals surface area contributed by atoms with E-state index < -0.39 is 17.5 Å². The quantitative estimate of drug-likeness (QED) is 0.0603. The van der Waals surface area contributed by atoms with Crippen LogP contribution in [0.3, 0.4) is 0 Å². The van der Waals surface area contributed by atoms with E-state index in [0.717, 1.165) is 16.4 Å². The fourth-order valence-electron chi connectivity index (χ4n) is 4.48. The van der Waals surface area contributed by atoms with Gasteiger partial charge in [0, 0.05) is 29.7 Å². The van der Waals surface area contributed by atoms with Gasteiger partial charge >= 0.3 is 5.97 Å². The highest BCUT2D eigenvalue weighted by atomic mass is 16.6. The number of fused-ring (bicyclic) bond motifs is 3. The van der Waals surface area contributed by atoms with Gasteiger partial charge in [-0.05, 0) is 51.1 Å². The lowest BCUT2D eigenvalue weighted by Gasteiger charge is -2.27. The first-order valence-corrected chi connectivity index (χ1v) is 13.4. The lowest BCUT2D eigenvalue weighted by atomic mass is 10.1. The van der Waals surface area contributed by atoms with E-state index >= 15 is 0 Å². The van der Waals surface area contributed by atoms with Gasteiger partial charge in [0.15, 0.2) is 5.82 Å². The maximum absolute atomic E-state index is 12.6. The van der Waals surface area contributed by atoms with Gasteiger partial charge in [-0.1, -0.05) is 18.2 Å². The first kappa shape index (κ1) is 30.4. The number of rotatable bonds is 13. The number of pyridine rings is 1. The maximum atomic E-state index is 12.6. The summed E-state index contributed by atoms with van der Waals surface area (Å²) in [6, 6.07) is 13.7. The number of hydrogen-bond acceptors (Lipinski definition) is 10. The van der Waals surface area contributed by atoms with E-state index in [-0.39, 0.29) is 38.8 Å². The standard InChI is InChI=1S/C29H35N7O6/c1-4-40-15-22-34-24-25(20-7-5-6-8-21(20)33-26(24)30)36(22)17-29(2,3)42-23(37)16-41-14-13-32-27(38)18-9-11-19(12-10-18)28(39)35-31/h5-12H,4,13-17,31H2,1-3H3,(H2,30,33)(H,32,38)(H,35,39). The number of carbonyl (C=O) groups is 3. The molecule has 13 heteroatoms. The van der Waals surface area contributed by atoms with Crippen molar-refractivity contribution in [2.75, 3.05) is 32.1 Å². The number of carbonyl (C=O) groups excluding carboxylic acids is 3. The minimum absolute atomic E-state index is 0.0951. The molecule has 222 valence electrons. The van der Waals surface area contributed by atoms with Crippen molar-refractivity contribution in [2.45, 2.75) is 39.5 Å². The van der Waals surface area contributed by atoms with Gasteiger partial charge in [-0.15, -0.1) is 0 Å². The fraction of sp³-hybridized carbons (Fsp3) is 0.345. The number of anilines is 1. The predicted octanol–water partition coefficient (Wildman–Crippen LogP) is 2.08. The number of benzene rings is 2. The number of hydrogen-bond donors (Lipinski definition) is 4. The molecule has 2 aromatic heterocycles. The minimum atomic E-state index is -0.935. The van der Waals surface area contributed by atoms with Crippen LogP contribution in [0, 0.1) is 0 Å². The Balaban J connectivity index is 1.34. The van der Waals surface area contributed by atoms with E-state index in [1.165, 1.54) is 24.3 Å². The van der Waals surface area contributed by atoms with Crippen LogP contribution < -0.4 is 22.3 Å². The summed E-state index contributed by atoms with van der Waals surface area (Å²) in [5.41, 5.74) is 10.1. The number of aromatic nitrogens is 3. The molecule has 0 bridgehead atoms. The SMILES string of the molecule is CCOCc1nc2c(N)nc3ccccc3c2n1CC(C)(C)OC(=O)COCCNC(=O)c1ccc(C(=O)NN)cc1. The highest BCUT2D eigenvalue weighted by Crippen LogP contribution is 2.30. The molecule has 0 aliphatic carbocycles. The van der Waals surface area contributed by atoms with Crippen molar-refractivity contribution < 1.29 is 28.6 Å². The normalized spacial score (nSPS) is 11.5. The lowest BCUT2D eigenvalue weighted by molar-refractivity contribution is -0.162. The van der Waals surface area contributed by atoms with Crippen LogP contribution in [0.4, 0.5) is 5.82 Å². The molecule has 0 saturated heterocycles. The molecule has 0 unspecified atom stereocenters. The molecule has 0 aliphatic rings. The average molecular weight is 578 g/mol. The van der Waals surface area contributed by atoms with E-state index in [4.69, 9.17) is 30.8 Å². The largest absolute Gasteiger partial charge is 0.456 e. The van der Waals surface area contributed by atoms with Crippen molar-refractivity contribution in [3.63, 3.8) is 0 Å². The van der Waals surface area contributed by atoms with Crippen molar-refractivity contribution in [3.8, 4) is 0 Å². The smallest absolute Gasteiger partial charge is 0.332 e. The zero-order chi connectivity index (χ0) is 30.3. The molecular formula is C29H35N7O6. The van der Waals surface area contributed by atoms with E-state index in [0.29, 0.717) is 34.9 Å². The minimum Gasteiger partial charge on any atom is -0.456 e. The van der Waals surface area contributed by atoms with Crippen molar-refractivity contribution in [2.24, 2.45) is 5.84 Å². The van der Waals surface area contributed by atoms with Crippen LogP contribution >= 0.6 is 0 Å². The number of hydrazine groups is 1. The van der Waals surface area contributed by atoms with E-state index in [2.05, 4.69) is 10.3 Å². The molecule has 4 rings (SSSR count). The number of nitrogens with two attached hydrogens (primary N) is 2. The fourth-order valence-corrected chi connectivity index (χ4v) is 4.48. The summed E-state index contributed by atoms with van der Waals surface area (Å²) >= 11 is 0. The second-order valence-electron chi connectivity index (χ2n) is 10.1. The number of nitrogens with one attached hydrogen (secondary N) is 2. The van der Waals surface area contributed by atoms with Gasteiger partial charge in [0.05, 0.1) is 24.2 Å². The Bertz CT molecular complexity index is 1580. The van der Waals surface area contributed by atoms with E-state index in [9.17, 15) is 14.4 Å². The molecule has 4 aromatic rings. The van der Waals surface area contributed by atoms with Gasteiger partial charge in [-0.25, -0.2) is 20.6 Å². The van der Waals surface area contributed by atoms with Crippen molar-refractivity contribution >= 4 is 45.5 Å². The number of imidazole rings is 1. The van der Waals surface area contributed by atoms with Crippen molar-refractivity contribution in [3.05, 3.63) is 65.5 Å². The van der Waals surface area contributed by atoms with Gasteiger partial charge in [0.1, 0.15) is 30.2 Å². The van der Waals surface area contributed by atoms with Crippen LogP contribution in [-0.2, 0) is 32.2 Å². The first-order chi connectivity index (χ1) is 20.1. The van der Waals surface area contributed by atoms with Crippen LogP contribution in [-0.4, -0.2) is 64.3 Å². The molecule has 0 saturated carbocycles. The van der Waals surface area contributed by atoms with Gasteiger partial charge in [0.25, 0.3) is 11.8 Å². The zero-order valence-corrected chi connectivity index (χ0v) is 23.8. The predicted molar refractivity (Wildman–Crippen MR) is 156 cm³/mol. The lowest BCUT2D eigenvalue weighted by Crippen LogP contribution is -2.35. The topological polar surface area (TPSA) is 186 Å². The van der Waals surface area contributed by atoms with Crippen LogP contribution in [0.25, 0.3) is 21.9 Å². The van der Waals surface area contributed by atoms with E-state index in [1.807, 2.05) is 41.2 Å². The highest BCUT2D eigenvalue weighted by Gasteiger charge is 2.28. The number of para-hydroxylation sites is 1. The molecule has 2 amide bonds. The molecule has 0 fully saturated rings. The summed E-state index contributed by atoms with van der Waals surface area (Å²) in [6.45, 7) is 6.53. The van der Waals surface area contributed by atoms with Gasteiger partial charge in [-0.3, -0.25) is 15.0 Å². The van der Waals surface area contributed by atoms with Crippen LogP contribution in [0.1, 0.15) is 47.3 Å². The monoisotopic (exact) mass is 577 g/mol. The Morgan fingerprint density at radius 3 is 2.36 bits per heavy atom. The molecule has 42 heavy (non-hydrogen) atoms. The molecule has 0 aliphatic heterocycles. The maximum Gasteiger partial charge on any atom is 0.332 e. The average Bonchev–Trinajstić information content (AvgIpc) is 3.33. The third-order valence-electron chi connectivity index (χ3n) is 6.35. The second-order valence-corrected chi connectivity index (χ2v) is 10.1. The van der Waals surface area contributed by atoms with Gasteiger partial charge in [0.2, 0.25) is 0 Å². The van der Waals surface area contributed by atoms with E-state index in [1.54, 1.807) is 13.8 Å². The number of nitrogens with zero attached hydrogens (tertiary/aromatic N) is 3. The molecule has 0 radical (unpaired) electrons. The van der Waals surface area contributed by atoms with Crippen LogP contribution in [0.15, 0.2) is 48.5 Å². The molecule has 2 heterocycles. The molecule has 0 atom stereocenters. The Kier molecular flexibility index (Phi) is 9.68. The van der Waals surface area contributed by atoms with Crippen molar-refractivity contribution in [1.29, 1.82) is 0 Å². The summed E-state index contributed by atoms with van der Waals surface area (Å²) < 4.78 is 18.8. The first-order valence-electron chi connectivity index (χ1n) is 13.4. The molecule has 6 N–H and O–H groups in total. The van der Waals surface area contributed by atoms with Gasteiger partial charge < -0.3 is 29.8 Å². The third kappa shape index (κ3) is 7.18. The Labute approximate surface area is 242 Å². The number of nitrogen functional groups attached to an aromatic ring is 2. The summed E-state index contributed by atoms with van der Waals surface area (Å²) in [7, 11) is 0. The number of amides is 2. The van der Waals surface area contributed by atoms with Gasteiger partial charge in [-0.2, -0.15) is 0 Å². The Hall–Kier alpha value is -4.59. The molecule has 0 spiro atoms. The molecular weight excluding hydrogens is 542 g/mol. The van der Waals surface area contributed by atoms with Crippen LogP contribution in [0.2, 0.25) is 0 Å². The molecule has 2 aromatic carbocycles. The van der Waals surface area contributed by atoms with Crippen molar-refractivity contribution in [1.82, 2.24) is 25.3 Å². The Morgan fingerprint density at radius 1 is 0.976 bits per heavy atom. The van der Waals surface area contributed by atoms with Crippen LogP contribution in [0.5, 0.6) is 0 Å². The molecule has 13 nitrogen and oxygen atoms in total. The zero-order valence-electron chi connectivity index (χ0n) is 23.8. The summed E-state index contributed by atoms with van der Waals surface area (Å²) in [5.74, 6) is 4.71. The summed E-state index contributed by atoms with van der Waals surface area (Å²) in [5, 5.41) is 3.57. The highest BCUT2D eigenvalue weighted by molar-refractivity contribution is 6.06. The third-order valence-corrected chi connectivity index (χ3v) is 6.35. The Morgan fingerprint density at radius 2 is 1.67 bits per heavy atom.